The van der Waals surface area contributed by atoms with E-state index in [9.17, 15) is 14.7 Å². The van der Waals surface area contributed by atoms with Crippen LogP contribution >= 0.6 is 0 Å². The first-order chi connectivity index (χ1) is 9.57. The van der Waals surface area contributed by atoms with Crippen molar-refractivity contribution in [3.05, 3.63) is 41.0 Å². The van der Waals surface area contributed by atoms with Crippen molar-refractivity contribution >= 4 is 23.2 Å². The molecule has 0 saturated carbocycles. The van der Waals surface area contributed by atoms with Crippen molar-refractivity contribution in [2.24, 2.45) is 0 Å². The van der Waals surface area contributed by atoms with Gasteiger partial charge in [0.15, 0.2) is 0 Å². The number of carbonyl (C=O) groups is 2. The summed E-state index contributed by atoms with van der Waals surface area (Å²) in [6.45, 7) is 2.44. The van der Waals surface area contributed by atoms with Crippen molar-refractivity contribution in [1.82, 2.24) is 5.32 Å². The lowest BCUT2D eigenvalue weighted by Gasteiger charge is -2.18. The Morgan fingerprint density at radius 3 is 2.60 bits per heavy atom. The van der Waals surface area contributed by atoms with Gasteiger partial charge in [0.2, 0.25) is 5.78 Å². The first-order valence-corrected chi connectivity index (χ1v) is 6.52. The van der Waals surface area contributed by atoms with Crippen LogP contribution in [0, 0.1) is 5.41 Å². The van der Waals surface area contributed by atoms with E-state index in [1.165, 1.54) is 6.07 Å². The van der Waals surface area contributed by atoms with E-state index in [2.05, 4.69) is 5.32 Å². The lowest BCUT2D eigenvalue weighted by Crippen LogP contribution is -2.35. The molecule has 104 valence electrons. The fourth-order valence-corrected chi connectivity index (χ4v) is 2.08. The number of aliphatic hydroxyl groups is 1. The van der Waals surface area contributed by atoms with Crippen LogP contribution in [0.4, 0.5) is 0 Å². The van der Waals surface area contributed by atoms with Crippen molar-refractivity contribution in [3.63, 3.8) is 0 Å². The average molecular weight is 272 g/mol. The first kappa shape index (κ1) is 14.0. The molecule has 3 N–H and O–H groups in total. The second-order valence-electron chi connectivity index (χ2n) is 4.58. The predicted octanol–water partition coefficient (Wildman–Crippen LogP) is 2.09. The molecule has 0 aliphatic heterocycles. The van der Waals surface area contributed by atoms with Crippen LogP contribution in [0.15, 0.2) is 29.8 Å². The number of hydrogen-bond acceptors (Lipinski definition) is 4. The quantitative estimate of drug-likeness (QED) is 0.733. The van der Waals surface area contributed by atoms with Crippen LogP contribution in [-0.4, -0.2) is 29.1 Å². The Labute approximate surface area is 116 Å². The van der Waals surface area contributed by atoms with E-state index in [0.29, 0.717) is 12.1 Å². The topological polar surface area (TPSA) is 90.2 Å². The molecule has 1 aliphatic carbocycles. The highest BCUT2D eigenvalue weighted by Crippen LogP contribution is 2.27. The predicted molar refractivity (Wildman–Crippen MR) is 76.0 cm³/mol. The fraction of sp³-hybridized carbons (Fsp3) is 0.267. The van der Waals surface area contributed by atoms with Gasteiger partial charge in [0, 0.05) is 17.7 Å². The van der Waals surface area contributed by atoms with Crippen LogP contribution in [-0.2, 0) is 4.79 Å². The summed E-state index contributed by atoms with van der Waals surface area (Å²) in [7, 11) is 0. The van der Waals surface area contributed by atoms with Gasteiger partial charge in [0.05, 0.1) is 0 Å². The Kier molecular flexibility index (Phi) is 3.98. The molecule has 1 aromatic rings. The molecule has 5 heteroatoms. The van der Waals surface area contributed by atoms with Gasteiger partial charge in [-0.1, -0.05) is 37.6 Å². The summed E-state index contributed by atoms with van der Waals surface area (Å²) in [5.41, 5.74) is -0.158. The summed E-state index contributed by atoms with van der Waals surface area (Å²) in [6, 6.07) is 6.43. The molecular formula is C15H16N2O3. The van der Waals surface area contributed by atoms with Gasteiger partial charge in [-0.15, -0.1) is 0 Å². The Bertz CT molecular complexity index is 617. The SMILES string of the molecule is CCCCNC(=O)C1=C(O)c2ccccc2C(=O)C1=N. The van der Waals surface area contributed by atoms with E-state index in [1.807, 2.05) is 6.92 Å². The van der Waals surface area contributed by atoms with Crippen molar-refractivity contribution in [2.75, 3.05) is 6.54 Å². The maximum atomic E-state index is 12.1. The summed E-state index contributed by atoms with van der Waals surface area (Å²) in [6.07, 6.45) is 1.72. The monoisotopic (exact) mass is 272 g/mol. The third-order valence-electron chi connectivity index (χ3n) is 3.18. The fourth-order valence-electron chi connectivity index (χ4n) is 2.08. The molecule has 0 fully saturated rings. The Balaban J connectivity index is 2.39. The van der Waals surface area contributed by atoms with E-state index in [1.54, 1.807) is 18.2 Å². The molecule has 0 saturated heterocycles. The van der Waals surface area contributed by atoms with E-state index < -0.39 is 17.4 Å². The molecule has 0 bridgehead atoms. The van der Waals surface area contributed by atoms with E-state index in [0.717, 1.165) is 12.8 Å². The van der Waals surface area contributed by atoms with Gasteiger partial charge in [-0.05, 0) is 6.42 Å². The smallest absolute Gasteiger partial charge is 0.257 e. The van der Waals surface area contributed by atoms with Gasteiger partial charge in [0.25, 0.3) is 5.91 Å². The molecule has 1 aromatic carbocycles. The number of ketones is 1. The zero-order chi connectivity index (χ0) is 14.7. The summed E-state index contributed by atoms with van der Waals surface area (Å²) in [4.78, 5) is 24.1. The number of aliphatic hydroxyl groups excluding tert-OH is 1. The Hall–Kier alpha value is -2.43. The zero-order valence-corrected chi connectivity index (χ0v) is 11.2. The number of rotatable bonds is 4. The van der Waals surface area contributed by atoms with Gasteiger partial charge in [0.1, 0.15) is 17.0 Å². The van der Waals surface area contributed by atoms with Crippen molar-refractivity contribution in [3.8, 4) is 0 Å². The number of amides is 1. The number of unbranched alkanes of at least 4 members (excludes halogenated alkanes) is 1. The van der Waals surface area contributed by atoms with Crippen molar-refractivity contribution in [2.45, 2.75) is 19.8 Å². The van der Waals surface area contributed by atoms with Crippen LogP contribution in [0.1, 0.15) is 35.7 Å². The minimum absolute atomic E-state index is 0.246. The first-order valence-electron chi connectivity index (χ1n) is 6.52. The molecule has 2 rings (SSSR count). The molecule has 0 radical (unpaired) electrons. The Morgan fingerprint density at radius 2 is 1.95 bits per heavy atom. The lowest BCUT2D eigenvalue weighted by molar-refractivity contribution is -0.117. The van der Waals surface area contributed by atoms with Gasteiger partial charge in [-0.3, -0.25) is 15.0 Å². The standard InChI is InChI=1S/C15H16N2O3/c1-2-3-8-17-15(20)11-12(16)14(19)10-7-5-4-6-9(10)13(11)18/h4-7,16,18H,2-3,8H2,1H3,(H,17,20). The van der Waals surface area contributed by atoms with Crippen LogP contribution in [0.25, 0.3) is 5.76 Å². The summed E-state index contributed by atoms with van der Waals surface area (Å²) in [5, 5.41) is 20.6. The molecule has 0 atom stereocenters. The van der Waals surface area contributed by atoms with Crippen molar-refractivity contribution in [1.29, 1.82) is 5.41 Å². The largest absolute Gasteiger partial charge is 0.506 e. The second kappa shape index (κ2) is 5.69. The van der Waals surface area contributed by atoms with Crippen LogP contribution in [0.3, 0.4) is 0 Å². The molecule has 0 unspecified atom stereocenters. The third kappa shape index (κ3) is 2.34. The highest BCUT2D eigenvalue weighted by Gasteiger charge is 2.33. The van der Waals surface area contributed by atoms with Crippen LogP contribution in [0.5, 0.6) is 0 Å². The molecule has 20 heavy (non-hydrogen) atoms. The zero-order valence-electron chi connectivity index (χ0n) is 11.2. The van der Waals surface area contributed by atoms with E-state index in [4.69, 9.17) is 5.41 Å². The maximum absolute atomic E-state index is 12.1. The van der Waals surface area contributed by atoms with Gasteiger partial charge in [-0.2, -0.15) is 0 Å². The van der Waals surface area contributed by atoms with Gasteiger partial charge < -0.3 is 10.4 Å². The van der Waals surface area contributed by atoms with Crippen LogP contribution < -0.4 is 5.32 Å². The van der Waals surface area contributed by atoms with E-state index in [-0.39, 0.29) is 16.9 Å². The molecule has 0 aromatic heterocycles. The van der Waals surface area contributed by atoms with Gasteiger partial charge in [-0.25, -0.2) is 0 Å². The number of carbonyl (C=O) groups excluding carboxylic acids is 2. The molecule has 0 heterocycles. The lowest BCUT2D eigenvalue weighted by atomic mass is 9.87. The number of hydrogen-bond donors (Lipinski definition) is 3. The number of nitrogens with one attached hydrogen (secondary N) is 2. The summed E-state index contributed by atoms with van der Waals surface area (Å²) < 4.78 is 0. The minimum atomic E-state index is -0.580. The second-order valence-corrected chi connectivity index (χ2v) is 4.58. The molecule has 5 nitrogen and oxygen atoms in total. The summed E-state index contributed by atoms with van der Waals surface area (Å²) >= 11 is 0. The number of benzene rings is 1. The third-order valence-corrected chi connectivity index (χ3v) is 3.18. The van der Waals surface area contributed by atoms with E-state index >= 15 is 0 Å². The number of Topliss-reactive ketones (excluding diaryl/α,β-unsaturated/α-hetero) is 1. The van der Waals surface area contributed by atoms with Gasteiger partial charge >= 0.3 is 0 Å². The normalized spacial score (nSPS) is 14.2. The Morgan fingerprint density at radius 1 is 1.30 bits per heavy atom. The summed E-state index contributed by atoms with van der Waals surface area (Å²) in [5.74, 6) is -1.43. The van der Waals surface area contributed by atoms with Crippen LogP contribution in [0.2, 0.25) is 0 Å². The maximum Gasteiger partial charge on any atom is 0.257 e. The molecular weight excluding hydrogens is 256 g/mol. The van der Waals surface area contributed by atoms with Crippen molar-refractivity contribution < 1.29 is 14.7 Å². The molecule has 0 spiro atoms. The molecule has 1 amide bonds. The highest BCUT2D eigenvalue weighted by atomic mass is 16.3. The minimum Gasteiger partial charge on any atom is -0.506 e. The number of fused-ring (bicyclic) bond motifs is 1. The average Bonchev–Trinajstić information content (AvgIpc) is 2.45. The highest BCUT2D eigenvalue weighted by molar-refractivity contribution is 6.58. The molecule has 1 aliphatic rings.